The fraction of sp³-hybridized carbons (Fsp3) is 0.417. The SMILES string of the molecule is CCCn1cncc1-c1nc(C)cc(NC)n1. The van der Waals surface area contributed by atoms with Gasteiger partial charge in [0.25, 0.3) is 0 Å². The van der Waals surface area contributed by atoms with Gasteiger partial charge in [0.1, 0.15) is 11.5 Å². The molecule has 0 radical (unpaired) electrons. The van der Waals surface area contributed by atoms with Gasteiger partial charge in [-0.3, -0.25) is 0 Å². The summed E-state index contributed by atoms with van der Waals surface area (Å²) in [6, 6.07) is 1.92. The highest BCUT2D eigenvalue weighted by Gasteiger charge is 2.09. The van der Waals surface area contributed by atoms with E-state index in [1.807, 2.05) is 32.6 Å². The van der Waals surface area contributed by atoms with Crippen LogP contribution in [0.2, 0.25) is 0 Å². The number of aromatic nitrogens is 4. The van der Waals surface area contributed by atoms with Crippen molar-refractivity contribution in [3.8, 4) is 11.5 Å². The third kappa shape index (κ3) is 2.43. The van der Waals surface area contributed by atoms with Crippen LogP contribution in [0, 0.1) is 6.92 Å². The lowest BCUT2D eigenvalue weighted by molar-refractivity contribution is 0.681. The van der Waals surface area contributed by atoms with Crippen molar-refractivity contribution in [3.05, 3.63) is 24.3 Å². The fourth-order valence-electron chi connectivity index (χ4n) is 1.74. The molecule has 2 heterocycles. The first-order valence-electron chi connectivity index (χ1n) is 5.78. The normalized spacial score (nSPS) is 10.5. The summed E-state index contributed by atoms with van der Waals surface area (Å²) in [5.74, 6) is 1.55. The van der Waals surface area contributed by atoms with E-state index in [-0.39, 0.29) is 0 Å². The van der Waals surface area contributed by atoms with Gasteiger partial charge in [-0.25, -0.2) is 15.0 Å². The summed E-state index contributed by atoms with van der Waals surface area (Å²) in [6.07, 6.45) is 4.70. The van der Waals surface area contributed by atoms with E-state index >= 15 is 0 Å². The summed E-state index contributed by atoms with van der Waals surface area (Å²) in [5, 5.41) is 3.04. The Balaban J connectivity index is 2.44. The predicted molar refractivity (Wildman–Crippen MR) is 67.8 cm³/mol. The van der Waals surface area contributed by atoms with Gasteiger partial charge >= 0.3 is 0 Å². The Labute approximate surface area is 101 Å². The molecule has 5 heteroatoms. The molecule has 0 aliphatic rings. The molecular weight excluding hydrogens is 214 g/mol. The van der Waals surface area contributed by atoms with Crippen molar-refractivity contribution in [1.29, 1.82) is 0 Å². The van der Waals surface area contributed by atoms with E-state index in [9.17, 15) is 0 Å². The Morgan fingerprint density at radius 2 is 2.18 bits per heavy atom. The Kier molecular flexibility index (Phi) is 3.37. The third-order valence-corrected chi connectivity index (χ3v) is 2.52. The molecule has 0 spiro atoms. The first-order valence-corrected chi connectivity index (χ1v) is 5.78. The number of rotatable bonds is 4. The lowest BCUT2D eigenvalue weighted by atomic mass is 10.3. The van der Waals surface area contributed by atoms with Gasteiger partial charge in [0, 0.05) is 25.4 Å². The molecule has 0 saturated carbocycles. The zero-order valence-corrected chi connectivity index (χ0v) is 10.4. The van der Waals surface area contributed by atoms with Crippen molar-refractivity contribution < 1.29 is 0 Å². The van der Waals surface area contributed by atoms with Gasteiger partial charge in [0.05, 0.1) is 12.5 Å². The number of hydrogen-bond donors (Lipinski definition) is 1. The van der Waals surface area contributed by atoms with Crippen molar-refractivity contribution in [3.63, 3.8) is 0 Å². The van der Waals surface area contributed by atoms with E-state index in [4.69, 9.17) is 0 Å². The maximum absolute atomic E-state index is 4.46. The number of hydrogen-bond acceptors (Lipinski definition) is 4. The molecule has 0 saturated heterocycles. The average molecular weight is 231 g/mol. The van der Waals surface area contributed by atoms with Gasteiger partial charge in [0.15, 0.2) is 5.82 Å². The summed E-state index contributed by atoms with van der Waals surface area (Å²) in [4.78, 5) is 13.1. The second-order valence-corrected chi connectivity index (χ2v) is 3.94. The molecule has 0 unspecified atom stereocenters. The van der Waals surface area contributed by atoms with Gasteiger partial charge in [-0.2, -0.15) is 0 Å². The molecule has 0 aromatic carbocycles. The zero-order chi connectivity index (χ0) is 12.3. The van der Waals surface area contributed by atoms with Gasteiger partial charge in [-0.15, -0.1) is 0 Å². The van der Waals surface area contributed by atoms with Gasteiger partial charge in [0.2, 0.25) is 0 Å². The first-order chi connectivity index (χ1) is 8.24. The minimum atomic E-state index is 0.723. The zero-order valence-electron chi connectivity index (χ0n) is 10.4. The Hall–Kier alpha value is -1.91. The Bertz CT molecular complexity index is 503. The summed E-state index contributed by atoms with van der Waals surface area (Å²) in [5.41, 5.74) is 1.91. The lowest BCUT2D eigenvalue weighted by Crippen LogP contribution is -2.03. The van der Waals surface area contributed by atoms with Crippen LogP contribution >= 0.6 is 0 Å². The number of aryl methyl sites for hydroxylation is 2. The molecule has 17 heavy (non-hydrogen) atoms. The number of nitrogens with zero attached hydrogens (tertiary/aromatic N) is 4. The molecular formula is C12H17N5. The molecule has 5 nitrogen and oxygen atoms in total. The average Bonchev–Trinajstić information content (AvgIpc) is 2.77. The highest BCUT2D eigenvalue weighted by atomic mass is 15.1. The molecule has 2 rings (SSSR count). The molecule has 2 aromatic heterocycles. The van der Waals surface area contributed by atoms with E-state index < -0.39 is 0 Å². The van der Waals surface area contributed by atoms with E-state index in [1.165, 1.54) is 0 Å². The van der Waals surface area contributed by atoms with E-state index in [1.54, 1.807) is 0 Å². The Morgan fingerprint density at radius 3 is 2.88 bits per heavy atom. The molecule has 1 N–H and O–H groups in total. The monoisotopic (exact) mass is 231 g/mol. The summed E-state index contributed by atoms with van der Waals surface area (Å²) >= 11 is 0. The molecule has 0 aliphatic heterocycles. The molecule has 0 bridgehead atoms. The van der Waals surface area contributed by atoms with Crippen LogP contribution in [0.5, 0.6) is 0 Å². The van der Waals surface area contributed by atoms with Crippen molar-refractivity contribution >= 4 is 5.82 Å². The molecule has 0 fully saturated rings. The van der Waals surface area contributed by atoms with Crippen molar-refractivity contribution in [2.24, 2.45) is 0 Å². The van der Waals surface area contributed by atoms with Gasteiger partial charge in [-0.1, -0.05) is 6.92 Å². The molecule has 0 aliphatic carbocycles. The quantitative estimate of drug-likeness (QED) is 0.875. The Morgan fingerprint density at radius 1 is 1.35 bits per heavy atom. The summed E-state index contributed by atoms with van der Waals surface area (Å²) in [7, 11) is 1.86. The van der Waals surface area contributed by atoms with Crippen LogP contribution in [0.15, 0.2) is 18.6 Å². The number of nitrogens with one attached hydrogen (secondary N) is 1. The summed E-state index contributed by atoms with van der Waals surface area (Å²) < 4.78 is 2.08. The number of anilines is 1. The maximum Gasteiger partial charge on any atom is 0.180 e. The number of imidazole rings is 1. The molecule has 2 aromatic rings. The second-order valence-electron chi connectivity index (χ2n) is 3.94. The second kappa shape index (κ2) is 4.95. The minimum absolute atomic E-state index is 0.723. The standard InChI is InChI=1S/C12H17N5/c1-4-5-17-8-14-7-10(17)12-15-9(2)6-11(13-3)16-12/h6-8H,4-5H2,1-3H3,(H,13,15,16). The molecule has 0 atom stereocenters. The van der Waals surface area contributed by atoms with E-state index in [2.05, 4.69) is 31.8 Å². The smallest absolute Gasteiger partial charge is 0.180 e. The van der Waals surface area contributed by atoms with Crippen molar-refractivity contribution in [2.45, 2.75) is 26.8 Å². The highest BCUT2D eigenvalue weighted by molar-refractivity contribution is 5.52. The van der Waals surface area contributed by atoms with E-state index in [0.717, 1.165) is 36.0 Å². The minimum Gasteiger partial charge on any atom is -0.373 e. The molecule has 0 amide bonds. The lowest BCUT2D eigenvalue weighted by Gasteiger charge is -2.07. The van der Waals surface area contributed by atoms with Crippen molar-refractivity contribution in [2.75, 3.05) is 12.4 Å². The third-order valence-electron chi connectivity index (χ3n) is 2.52. The maximum atomic E-state index is 4.46. The highest BCUT2D eigenvalue weighted by Crippen LogP contribution is 2.17. The molecule has 90 valence electrons. The van der Waals surface area contributed by atoms with Crippen LogP contribution in [0.3, 0.4) is 0 Å². The van der Waals surface area contributed by atoms with Crippen LogP contribution in [0.4, 0.5) is 5.82 Å². The topological polar surface area (TPSA) is 55.6 Å². The van der Waals surface area contributed by atoms with Crippen LogP contribution in [0.1, 0.15) is 19.0 Å². The van der Waals surface area contributed by atoms with Crippen LogP contribution in [-0.4, -0.2) is 26.6 Å². The summed E-state index contributed by atoms with van der Waals surface area (Å²) in [6.45, 7) is 5.04. The first kappa shape index (κ1) is 11.6. The van der Waals surface area contributed by atoms with Crippen LogP contribution < -0.4 is 5.32 Å². The van der Waals surface area contributed by atoms with E-state index in [0.29, 0.717) is 0 Å². The van der Waals surface area contributed by atoms with Gasteiger partial charge < -0.3 is 9.88 Å². The predicted octanol–water partition coefficient (Wildman–Crippen LogP) is 2.10. The largest absolute Gasteiger partial charge is 0.373 e. The van der Waals surface area contributed by atoms with Crippen LogP contribution in [-0.2, 0) is 6.54 Å². The van der Waals surface area contributed by atoms with Crippen LogP contribution in [0.25, 0.3) is 11.5 Å². The van der Waals surface area contributed by atoms with Crippen molar-refractivity contribution in [1.82, 2.24) is 19.5 Å². The van der Waals surface area contributed by atoms with Gasteiger partial charge in [-0.05, 0) is 13.3 Å². The fourth-order valence-corrected chi connectivity index (χ4v) is 1.74.